The van der Waals surface area contributed by atoms with Crippen LogP contribution < -0.4 is 0 Å². The van der Waals surface area contributed by atoms with Crippen molar-refractivity contribution in [1.29, 1.82) is 0 Å². The largest absolute Gasteiger partial charge is 0.462 e. The lowest BCUT2D eigenvalue weighted by Gasteiger charge is -2.32. The van der Waals surface area contributed by atoms with Gasteiger partial charge in [-0.1, -0.05) is 0 Å². The highest BCUT2D eigenvalue weighted by atomic mass is 32.2. The van der Waals surface area contributed by atoms with Gasteiger partial charge in [-0.05, 0) is 68.0 Å². The van der Waals surface area contributed by atoms with Crippen molar-refractivity contribution >= 4 is 33.2 Å². The fourth-order valence-corrected chi connectivity index (χ4v) is 6.07. The molecule has 0 N–H and O–H groups in total. The van der Waals surface area contributed by atoms with Crippen LogP contribution in [0.5, 0.6) is 0 Å². The number of hydrogen-bond donors (Lipinski definition) is 0. The molecule has 0 saturated carbocycles. The molecule has 0 unspecified atom stereocenters. The number of esters is 1. The van der Waals surface area contributed by atoms with Crippen molar-refractivity contribution in [3.05, 3.63) is 51.7 Å². The lowest BCUT2D eigenvalue weighted by Crippen LogP contribution is -2.43. The van der Waals surface area contributed by atoms with E-state index >= 15 is 0 Å². The van der Waals surface area contributed by atoms with E-state index in [0.29, 0.717) is 38.0 Å². The highest BCUT2D eigenvalue weighted by molar-refractivity contribution is 7.89. The molecule has 1 aromatic heterocycles. The molecular weight excluding hydrogens is 436 g/mol. The van der Waals surface area contributed by atoms with E-state index in [2.05, 4.69) is 0 Å². The number of carbonyl (C=O) groups excluding carboxylic acids is 2. The van der Waals surface area contributed by atoms with Crippen LogP contribution in [-0.2, 0) is 26.1 Å². The van der Waals surface area contributed by atoms with Crippen molar-refractivity contribution in [3.8, 4) is 0 Å². The third kappa shape index (κ3) is 5.34. The number of aryl methyl sites for hydroxylation is 1. The number of ether oxygens (including phenoxy) is 1. The van der Waals surface area contributed by atoms with Gasteiger partial charge in [-0.3, -0.25) is 4.79 Å². The molecule has 0 spiro atoms. The molecule has 1 amide bonds. The molecule has 0 bridgehead atoms. The van der Waals surface area contributed by atoms with Crippen LogP contribution in [0.15, 0.2) is 40.6 Å². The van der Waals surface area contributed by atoms with Gasteiger partial charge >= 0.3 is 5.97 Å². The first kappa shape index (κ1) is 23.4. The summed E-state index contributed by atoms with van der Waals surface area (Å²) in [6, 6.07) is 7.82. The van der Waals surface area contributed by atoms with Crippen LogP contribution in [0.3, 0.4) is 0 Å². The van der Waals surface area contributed by atoms with E-state index in [1.165, 1.54) is 39.0 Å². The Hall–Kier alpha value is -2.23. The van der Waals surface area contributed by atoms with E-state index in [9.17, 15) is 18.0 Å². The van der Waals surface area contributed by atoms with E-state index in [4.69, 9.17) is 4.74 Å². The summed E-state index contributed by atoms with van der Waals surface area (Å²) in [5.74, 6) is -0.598. The summed E-state index contributed by atoms with van der Waals surface area (Å²) in [5, 5.41) is 2.02. The molecule has 1 saturated heterocycles. The maximum absolute atomic E-state index is 13.0. The Bertz CT molecular complexity index is 1020. The molecule has 3 rings (SSSR count). The van der Waals surface area contributed by atoms with Crippen molar-refractivity contribution in [2.45, 2.75) is 38.1 Å². The van der Waals surface area contributed by atoms with Gasteiger partial charge in [0.25, 0.3) is 0 Å². The van der Waals surface area contributed by atoms with Gasteiger partial charge in [0.1, 0.15) is 0 Å². The van der Waals surface area contributed by atoms with Crippen LogP contribution in [0, 0.1) is 12.8 Å². The second-order valence-electron chi connectivity index (χ2n) is 7.64. The number of benzene rings is 1. The zero-order chi connectivity index (χ0) is 22.6. The predicted molar refractivity (Wildman–Crippen MR) is 119 cm³/mol. The van der Waals surface area contributed by atoms with E-state index in [1.807, 2.05) is 18.4 Å². The molecule has 168 valence electrons. The standard InChI is InChI=1S/C22H28N2O5S2/c1-4-29-22(26)18-5-7-19(8-6-18)31(27,28)24-12-9-17(10-13-24)21(25)23(3)15-20-16(2)11-14-30-20/h5-8,11,14,17H,4,9-10,12-13,15H2,1-3H3. The van der Waals surface area contributed by atoms with E-state index < -0.39 is 16.0 Å². The highest BCUT2D eigenvalue weighted by Gasteiger charge is 2.33. The topological polar surface area (TPSA) is 84.0 Å². The monoisotopic (exact) mass is 464 g/mol. The van der Waals surface area contributed by atoms with Crippen LogP contribution >= 0.6 is 11.3 Å². The molecule has 0 atom stereocenters. The second-order valence-corrected chi connectivity index (χ2v) is 10.6. The predicted octanol–water partition coefficient (Wildman–Crippen LogP) is 3.29. The number of carbonyl (C=O) groups is 2. The molecule has 1 fully saturated rings. The lowest BCUT2D eigenvalue weighted by molar-refractivity contribution is -0.135. The van der Waals surface area contributed by atoms with E-state index in [-0.39, 0.29) is 23.3 Å². The maximum atomic E-state index is 13.0. The molecule has 1 aliphatic rings. The van der Waals surface area contributed by atoms with Gasteiger partial charge in [-0.15, -0.1) is 11.3 Å². The van der Waals surface area contributed by atoms with Crippen LogP contribution in [0.2, 0.25) is 0 Å². The molecule has 2 aromatic rings. The average molecular weight is 465 g/mol. The van der Waals surface area contributed by atoms with Crippen molar-refractivity contribution in [3.63, 3.8) is 0 Å². The molecule has 1 aromatic carbocycles. The zero-order valence-electron chi connectivity index (χ0n) is 18.0. The Labute approximate surface area is 187 Å². The number of hydrogen-bond acceptors (Lipinski definition) is 6. The third-order valence-electron chi connectivity index (χ3n) is 5.53. The van der Waals surface area contributed by atoms with Crippen molar-refractivity contribution < 1.29 is 22.7 Å². The average Bonchev–Trinajstić information content (AvgIpc) is 3.17. The summed E-state index contributed by atoms with van der Waals surface area (Å²) in [6.45, 7) is 5.18. The maximum Gasteiger partial charge on any atom is 0.338 e. The first-order valence-electron chi connectivity index (χ1n) is 10.3. The van der Waals surface area contributed by atoms with E-state index in [1.54, 1.807) is 30.2 Å². The van der Waals surface area contributed by atoms with Gasteiger partial charge in [-0.2, -0.15) is 4.31 Å². The molecule has 31 heavy (non-hydrogen) atoms. The summed E-state index contributed by atoms with van der Waals surface area (Å²) < 4.78 is 32.3. The molecule has 1 aliphatic heterocycles. The second kappa shape index (κ2) is 9.93. The van der Waals surface area contributed by atoms with Gasteiger partial charge in [0.2, 0.25) is 15.9 Å². The minimum Gasteiger partial charge on any atom is -0.462 e. The number of piperidine rings is 1. The number of rotatable bonds is 7. The molecule has 0 radical (unpaired) electrons. The zero-order valence-corrected chi connectivity index (χ0v) is 19.7. The van der Waals surface area contributed by atoms with Crippen molar-refractivity contribution in [1.82, 2.24) is 9.21 Å². The summed E-state index contributed by atoms with van der Waals surface area (Å²) >= 11 is 1.64. The fourth-order valence-electron chi connectivity index (χ4n) is 3.64. The summed E-state index contributed by atoms with van der Waals surface area (Å²) in [4.78, 5) is 27.6. The van der Waals surface area contributed by atoms with Gasteiger partial charge in [-0.25, -0.2) is 13.2 Å². The SMILES string of the molecule is CCOC(=O)c1ccc(S(=O)(=O)N2CCC(C(=O)N(C)Cc3sccc3C)CC2)cc1. The van der Waals surface area contributed by atoms with E-state index in [0.717, 1.165) is 0 Å². The fraction of sp³-hybridized carbons (Fsp3) is 0.455. The molecule has 9 heteroatoms. The van der Waals surface area contributed by atoms with Crippen LogP contribution in [0.4, 0.5) is 0 Å². The highest BCUT2D eigenvalue weighted by Crippen LogP contribution is 2.26. The molecule has 0 aliphatic carbocycles. The van der Waals surface area contributed by atoms with Gasteiger partial charge < -0.3 is 9.64 Å². The summed E-state index contributed by atoms with van der Waals surface area (Å²) in [6.07, 6.45) is 0.986. The van der Waals surface area contributed by atoms with Crippen LogP contribution in [0.1, 0.15) is 40.6 Å². The Kier molecular flexibility index (Phi) is 7.51. The number of thiophene rings is 1. The first-order valence-corrected chi connectivity index (χ1v) is 12.6. The third-order valence-corrected chi connectivity index (χ3v) is 8.45. The normalized spacial score (nSPS) is 15.6. The lowest BCUT2D eigenvalue weighted by atomic mass is 9.96. The molecule has 7 nitrogen and oxygen atoms in total. The van der Waals surface area contributed by atoms with Gasteiger partial charge in [0, 0.05) is 30.9 Å². The Morgan fingerprint density at radius 3 is 2.35 bits per heavy atom. The first-order chi connectivity index (χ1) is 14.7. The van der Waals surface area contributed by atoms with Crippen molar-refractivity contribution in [2.24, 2.45) is 5.92 Å². The minimum atomic E-state index is -3.67. The number of nitrogens with zero attached hydrogens (tertiary/aromatic N) is 2. The number of amides is 1. The number of sulfonamides is 1. The summed E-state index contributed by atoms with van der Waals surface area (Å²) in [5.41, 5.74) is 1.49. The van der Waals surface area contributed by atoms with Crippen LogP contribution in [-0.4, -0.2) is 56.2 Å². The smallest absolute Gasteiger partial charge is 0.338 e. The van der Waals surface area contributed by atoms with Crippen LogP contribution in [0.25, 0.3) is 0 Å². The Morgan fingerprint density at radius 1 is 1.16 bits per heavy atom. The van der Waals surface area contributed by atoms with Gasteiger partial charge in [0.05, 0.1) is 23.6 Å². The summed E-state index contributed by atoms with van der Waals surface area (Å²) in [7, 11) is -1.87. The Balaban J connectivity index is 1.59. The Morgan fingerprint density at radius 2 is 1.81 bits per heavy atom. The van der Waals surface area contributed by atoms with Crippen molar-refractivity contribution in [2.75, 3.05) is 26.7 Å². The van der Waals surface area contributed by atoms with Gasteiger partial charge in [0.15, 0.2) is 0 Å². The molecular formula is C22H28N2O5S2. The molecule has 2 heterocycles. The quantitative estimate of drug-likeness (QED) is 0.587. The minimum absolute atomic E-state index is 0.0589.